The van der Waals surface area contributed by atoms with Gasteiger partial charge in [0.25, 0.3) is 0 Å². The fraction of sp³-hybridized carbons (Fsp3) is 0.727. The van der Waals surface area contributed by atoms with Gasteiger partial charge in [0.1, 0.15) is 17.8 Å². The predicted octanol–water partition coefficient (Wildman–Crippen LogP) is 3.47. The molecule has 2 N–H and O–H groups in total. The summed E-state index contributed by atoms with van der Waals surface area (Å²) < 4.78 is 45.1. The highest BCUT2D eigenvalue weighted by Crippen LogP contribution is 2.71. The molecule has 0 spiro atoms. The molecule has 4 aliphatic carbocycles. The number of aliphatic hydroxyl groups is 2. The van der Waals surface area contributed by atoms with Crippen molar-refractivity contribution in [2.24, 2.45) is 28.6 Å². The van der Waals surface area contributed by atoms with Gasteiger partial charge < -0.3 is 10.2 Å². The van der Waals surface area contributed by atoms with Crippen LogP contribution in [0.25, 0.3) is 0 Å². The number of ketones is 1. The molecule has 166 valence electrons. The van der Waals surface area contributed by atoms with Crippen LogP contribution >= 0.6 is 11.8 Å². The molecule has 0 aliphatic heterocycles. The molecular formula is C22H27F3O4S. The number of rotatable bonds is 2. The van der Waals surface area contributed by atoms with E-state index >= 15 is 8.78 Å². The first-order valence-corrected chi connectivity index (χ1v) is 11.3. The fourth-order valence-electron chi connectivity index (χ4n) is 7.13. The van der Waals surface area contributed by atoms with Crippen LogP contribution in [0.1, 0.15) is 40.0 Å². The number of alkyl halides is 3. The van der Waals surface area contributed by atoms with E-state index in [0.717, 1.165) is 6.08 Å². The van der Waals surface area contributed by atoms with Crippen molar-refractivity contribution in [3.05, 3.63) is 23.8 Å². The van der Waals surface area contributed by atoms with Crippen LogP contribution in [0.15, 0.2) is 23.8 Å². The number of carbonyl (C=O) groups excluding carboxylic acids is 2. The van der Waals surface area contributed by atoms with Gasteiger partial charge in [-0.3, -0.25) is 9.59 Å². The molecule has 3 saturated carbocycles. The highest BCUT2D eigenvalue weighted by Gasteiger charge is 2.76. The smallest absolute Gasteiger partial charge is 0.223 e. The Bertz CT molecular complexity index is 861. The second-order valence-corrected chi connectivity index (χ2v) is 10.7. The van der Waals surface area contributed by atoms with Crippen molar-refractivity contribution in [1.29, 1.82) is 0 Å². The summed E-state index contributed by atoms with van der Waals surface area (Å²) in [5, 5.41) is 21.9. The largest absolute Gasteiger partial charge is 0.390 e. The highest BCUT2D eigenvalue weighted by atomic mass is 32.2. The van der Waals surface area contributed by atoms with E-state index in [2.05, 4.69) is 0 Å². The third kappa shape index (κ3) is 2.39. The molecule has 0 aromatic carbocycles. The van der Waals surface area contributed by atoms with Gasteiger partial charge in [-0.2, -0.15) is 0 Å². The molecule has 4 rings (SSSR count). The molecule has 3 fully saturated rings. The standard InChI is InChI=1S/C22H27F3O4S/c1-11-6-13-14-8-16(24)15-7-12(26)4-5-19(15,2)21(14,25)17(27)9-20(13,3)22(11,29)18(28)30-10-23/h4-5,7,11,13-14,16-17,27,29H,6,8-10H2,1-3H3/t11-,13+,14?,16+,17+,19+,20+,21-,22+/m1/s1. The Labute approximate surface area is 178 Å². The maximum Gasteiger partial charge on any atom is 0.223 e. The molecule has 30 heavy (non-hydrogen) atoms. The van der Waals surface area contributed by atoms with Crippen LogP contribution < -0.4 is 0 Å². The van der Waals surface area contributed by atoms with Gasteiger partial charge in [0, 0.05) is 16.7 Å². The molecule has 0 aromatic rings. The van der Waals surface area contributed by atoms with Gasteiger partial charge in [-0.05, 0) is 55.7 Å². The monoisotopic (exact) mass is 444 g/mol. The number of carbonyl (C=O) groups is 2. The normalized spacial score (nSPS) is 52.3. The van der Waals surface area contributed by atoms with Crippen LogP contribution in [0.3, 0.4) is 0 Å². The van der Waals surface area contributed by atoms with Crippen LogP contribution in [-0.2, 0) is 9.59 Å². The predicted molar refractivity (Wildman–Crippen MR) is 107 cm³/mol. The van der Waals surface area contributed by atoms with E-state index in [1.807, 2.05) is 0 Å². The van der Waals surface area contributed by atoms with E-state index in [4.69, 9.17) is 0 Å². The molecule has 8 heteroatoms. The molecule has 9 atom stereocenters. The lowest BCUT2D eigenvalue weighted by Crippen LogP contribution is -2.70. The van der Waals surface area contributed by atoms with E-state index in [9.17, 15) is 24.2 Å². The van der Waals surface area contributed by atoms with E-state index in [0.29, 0.717) is 11.8 Å². The second kappa shape index (κ2) is 6.69. The number of hydrogen-bond acceptors (Lipinski definition) is 5. The minimum absolute atomic E-state index is 0.0294. The lowest BCUT2D eigenvalue weighted by atomic mass is 9.44. The molecule has 4 nitrogen and oxygen atoms in total. The number of allylic oxidation sites excluding steroid dienone is 4. The highest BCUT2D eigenvalue weighted by molar-refractivity contribution is 8.13. The Hall–Kier alpha value is -1.12. The van der Waals surface area contributed by atoms with Gasteiger partial charge in [-0.25, -0.2) is 13.2 Å². The van der Waals surface area contributed by atoms with Crippen molar-refractivity contribution in [1.82, 2.24) is 0 Å². The van der Waals surface area contributed by atoms with E-state index in [1.54, 1.807) is 13.8 Å². The zero-order valence-corrected chi connectivity index (χ0v) is 18.0. The van der Waals surface area contributed by atoms with Crippen LogP contribution in [-0.4, -0.2) is 50.7 Å². The lowest BCUT2D eigenvalue weighted by Gasteiger charge is -2.63. The average Bonchev–Trinajstić information content (AvgIpc) is 2.88. The van der Waals surface area contributed by atoms with E-state index in [-0.39, 0.29) is 24.8 Å². The molecule has 0 radical (unpaired) electrons. The average molecular weight is 445 g/mol. The Morgan fingerprint density at radius 2 is 1.97 bits per heavy atom. The van der Waals surface area contributed by atoms with Crippen LogP contribution in [0.2, 0.25) is 0 Å². The maximum atomic E-state index is 16.9. The van der Waals surface area contributed by atoms with Crippen molar-refractivity contribution in [3.8, 4) is 0 Å². The minimum atomic E-state index is -2.26. The number of fused-ring (bicyclic) bond motifs is 5. The van der Waals surface area contributed by atoms with Gasteiger partial charge in [-0.15, -0.1) is 0 Å². The summed E-state index contributed by atoms with van der Waals surface area (Å²) in [5.74, 6) is -2.57. The molecular weight excluding hydrogens is 417 g/mol. The topological polar surface area (TPSA) is 74.6 Å². The summed E-state index contributed by atoms with van der Waals surface area (Å²) in [5.41, 5.74) is -6.91. The number of hydrogen-bond donors (Lipinski definition) is 2. The number of halogens is 3. The lowest BCUT2D eigenvalue weighted by molar-refractivity contribution is -0.221. The zero-order chi connectivity index (χ0) is 22.3. The Kier molecular flexibility index (Phi) is 4.92. The molecule has 0 heterocycles. The summed E-state index contributed by atoms with van der Waals surface area (Å²) in [6.45, 7) is 4.79. The molecule has 0 bridgehead atoms. The molecule has 0 amide bonds. The maximum absolute atomic E-state index is 16.9. The summed E-state index contributed by atoms with van der Waals surface area (Å²) in [6, 6.07) is -0.995. The van der Waals surface area contributed by atoms with Crippen LogP contribution in [0.4, 0.5) is 13.2 Å². The Morgan fingerprint density at radius 3 is 2.60 bits per heavy atom. The third-order valence-electron chi connectivity index (χ3n) is 8.71. The van der Waals surface area contributed by atoms with Gasteiger partial charge in [0.15, 0.2) is 11.5 Å². The summed E-state index contributed by atoms with van der Waals surface area (Å²) >= 11 is 0.371. The first-order chi connectivity index (χ1) is 13.9. The van der Waals surface area contributed by atoms with Gasteiger partial charge in [0.05, 0.1) is 6.10 Å². The van der Waals surface area contributed by atoms with E-state index in [1.165, 1.54) is 19.1 Å². The fourth-order valence-corrected chi connectivity index (χ4v) is 7.89. The number of thioether (sulfide) groups is 1. The number of aliphatic hydroxyl groups excluding tert-OH is 1. The molecule has 4 aliphatic rings. The second-order valence-electron chi connectivity index (χ2n) is 9.80. The summed E-state index contributed by atoms with van der Waals surface area (Å²) in [7, 11) is 0. The SMILES string of the molecule is C[C@@H]1C[C@H]2C3C[C@H](F)C4=CC(=O)C=C[C@]4(C)[C@]3(F)[C@@H](O)C[C@]2(C)[C@@]1(O)C(=O)SCF. The van der Waals surface area contributed by atoms with Crippen molar-refractivity contribution in [2.75, 3.05) is 6.01 Å². The Morgan fingerprint density at radius 1 is 1.30 bits per heavy atom. The zero-order valence-electron chi connectivity index (χ0n) is 17.2. The van der Waals surface area contributed by atoms with Crippen LogP contribution in [0.5, 0.6) is 0 Å². The first-order valence-electron chi connectivity index (χ1n) is 10.3. The third-order valence-corrected chi connectivity index (χ3v) is 9.39. The minimum Gasteiger partial charge on any atom is -0.390 e. The molecule has 0 aromatic heterocycles. The van der Waals surface area contributed by atoms with Crippen molar-refractivity contribution >= 4 is 22.7 Å². The van der Waals surface area contributed by atoms with Gasteiger partial charge in [-0.1, -0.05) is 31.7 Å². The first kappa shape index (κ1) is 22.1. The summed E-state index contributed by atoms with van der Waals surface area (Å²) in [6.07, 6.45) is 0.306. The van der Waals surface area contributed by atoms with E-state index < -0.39 is 69.0 Å². The quantitative estimate of drug-likeness (QED) is 0.682. The van der Waals surface area contributed by atoms with Gasteiger partial charge >= 0.3 is 0 Å². The molecule has 0 saturated heterocycles. The molecule has 1 unspecified atom stereocenters. The van der Waals surface area contributed by atoms with Crippen molar-refractivity contribution in [2.45, 2.75) is 63.6 Å². The van der Waals surface area contributed by atoms with Crippen LogP contribution in [0, 0.1) is 28.6 Å². The Balaban J connectivity index is 1.84. The van der Waals surface area contributed by atoms with Crippen molar-refractivity contribution < 1.29 is 33.0 Å². The van der Waals surface area contributed by atoms with Crippen molar-refractivity contribution in [3.63, 3.8) is 0 Å². The summed E-state index contributed by atoms with van der Waals surface area (Å²) in [4.78, 5) is 24.6. The van der Waals surface area contributed by atoms with Gasteiger partial charge in [0.2, 0.25) is 5.12 Å².